The van der Waals surface area contributed by atoms with Crippen molar-refractivity contribution < 1.29 is 19.1 Å². The van der Waals surface area contributed by atoms with Crippen molar-refractivity contribution in [1.82, 2.24) is 10.3 Å². The number of fused-ring (bicyclic) bond motifs is 1. The molecule has 144 valence electrons. The van der Waals surface area contributed by atoms with E-state index in [0.29, 0.717) is 33.8 Å². The molecule has 2 amide bonds. The third kappa shape index (κ3) is 3.96. The Kier molecular flexibility index (Phi) is 5.21. The van der Waals surface area contributed by atoms with Crippen LogP contribution < -0.4 is 20.1 Å². The van der Waals surface area contributed by atoms with E-state index in [0.717, 1.165) is 15.4 Å². The number of nitrogens with one attached hydrogen (secondary N) is 2. The number of hydrogen-bond acceptors (Lipinski definition) is 7. The number of halogens is 1. The van der Waals surface area contributed by atoms with Gasteiger partial charge in [-0.2, -0.15) is 0 Å². The first-order valence-electron chi connectivity index (χ1n) is 8.19. The molecule has 0 bridgehead atoms. The summed E-state index contributed by atoms with van der Waals surface area (Å²) in [6, 6.07) is 7.01. The zero-order valence-corrected chi connectivity index (χ0v) is 17.0. The fraction of sp³-hybridized carbons (Fsp3) is 0.167. The largest absolute Gasteiger partial charge is 0.454 e. The highest BCUT2D eigenvalue weighted by atomic mass is 35.5. The van der Waals surface area contributed by atoms with Crippen LogP contribution in [0.25, 0.3) is 10.6 Å². The second-order valence-corrected chi connectivity index (χ2v) is 8.29. The number of amides is 2. The lowest BCUT2D eigenvalue weighted by Crippen LogP contribution is -2.17. The molecule has 3 heterocycles. The number of rotatable bonds is 5. The predicted molar refractivity (Wildman–Crippen MR) is 108 cm³/mol. The third-order valence-electron chi connectivity index (χ3n) is 3.84. The first-order chi connectivity index (χ1) is 13.5. The summed E-state index contributed by atoms with van der Waals surface area (Å²) in [5.41, 5.74) is 1.13. The van der Waals surface area contributed by atoms with Gasteiger partial charge in [0.1, 0.15) is 0 Å². The zero-order valence-electron chi connectivity index (χ0n) is 14.6. The van der Waals surface area contributed by atoms with Crippen LogP contribution in [0.15, 0.2) is 29.6 Å². The van der Waals surface area contributed by atoms with Gasteiger partial charge in [0.15, 0.2) is 16.6 Å². The highest BCUT2D eigenvalue weighted by molar-refractivity contribution is 7.17. The topological polar surface area (TPSA) is 89.6 Å². The summed E-state index contributed by atoms with van der Waals surface area (Å²) in [6.07, 6.45) is 0. The van der Waals surface area contributed by atoms with Crippen molar-refractivity contribution in [3.8, 4) is 22.1 Å². The summed E-state index contributed by atoms with van der Waals surface area (Å²) in [4.78, 5) is 30.0. The summed E-state index contributed by atoms with van der Waals surface area (Å²) in [5, 5.41) is 8.21. The molecule has 0 radical (unpaired) electrons. The first-order valence-corrected chi connectivity index (χ1v) is 10.3. The minimum absolute atomic E-state index is 0.0720. The standard InChI is InChI=1S/C18H14ClN3O4S2/c1-9(23)20-6-11-2-3-15(28-11)13-7-27-18(21-13)22-17(24)10-4-12(19)16-14(5-10)25-8-26-16/h2-5,7H,6,8H2,1H3,(H,20,23)(H,21,22,24). The molecule has 2 N–H and O–H groups in total. The van der Waals surface area contributed by atoms with Crippen LogP contribution in [0.5, 0.6) is 11.5 Å². The number of thiazole rings is 1. The Morgan fingerprint density at radius 3 is 2.96 bits per heavy atom. The molecular formula is C18H14ClN3O4S2. The summed E-state index contributed by atoms with van der Waals surface area (Å²) >= 11 is 9.00. The van der Waals surface area contributed by atoms with Gasteiger partial charge < -0.3 is 14.8 Å². The SMILES string of the molecule is CC(=O)NCc1ccc(-c2csc(NC(=O)c3cc(Cl)c4c(c3)OCO4)n2)s1. The van der Waals surface area contributed by atoms with Crippen LogP contribution in [0.1, 0.15) is 22.2 Å². The Hall–Kier alpha value is -2.62. The van der Waals surface area contributed by atoms with Crippen LogP contribution in [0.4, 0.5) is 5.13 Å². The second kappa shape index (κ2) is 7.78. The van der Waals surface area contributed by atoms with Gasteiger partial charge in [-0.1, -0.05) is 11.6 Å². The Balaban J connectivity index is 1.46. The highest BCUT2D eigenvalue weighted by Crippen LogP contribution is 2.40. The van der Waals surface area contributed by atoms with Gasteiger partial charge >= 0.3 is 0 Å². The average molecular weight is 436 g/mol. The lowest BCUT2D eigenvalue weighted by Gasteiger charge is -2.04. The Labute approximate surface area is 173 Å². The Morgan fingerprint density at radius 2 is 2.14 bits per heavy atom. The number of thiophene rings is 1. The van der Waals surface area contributed by atoms with Gasteiger partial charge in [-0.05, 0) is 24.3 Å². The highest BCUT2D eigenvalue weighted by Gasteiger charge is 2.21. The van der Waals surface area contributed by atoms with Gasteiger partial charge in [0.25, 0.3) is 5.91 Å². The van der Waals surface area contributed by atoms with E-state index in [1.54, 1.807) is 17.4 Å². The number of carbonyl (C=O) groups excluding carboxylic acids is 2. The molecule has 1 aromatic carbocycles. The molecular weight excluding hydrogens is 422 g/mol. The maximum Gasteiger partial charge on any atom is 0.257 e. The average Bonchev–Trinajstić information content (AvgIpc) is 3.39. The van der Waals surface area contributed by atoms with Crippen LogP contribution in [-0.2, 0) is 11.3 Å². The molecule has 0 atom stereocenters. The normalized spacial score (nSPS) is 12.1. The monoisotopic (exact) mass is 435 g/mol. The number of nitrogens with zero attached hydrogens (tertiary/aromatic N) is 1. The maximum atomic E-state index is 12.5. The molecule has 0 saturated heterocycles. The molecule has 0 aliphatic carbocycles. The summed E-state index contributed by atoms with van der Waals surface area (Å²) in [7, 11) is 0. The van der Waals surface area contributed by atoms with Crippen LogP contribution in [0.2, 0.25) is 5.02 Å². The van der Waals surface area contributed by atoms with E-state index in [1.807, 2.05) is 17.5 Å². The quantitative estimate of drug-likeness (QED) is 0.628. The lowest BCUT2D eigenvalue weighted by molar-refractivity contribution is -0.119. The van der Waals surface area contributed by atoms with Crippen molar-refractivity contribution in [3.05, 3.63) is 45.1 Å². The molecule has 1 aliphatic heterocycles. The van der Waals surface area contributed by atoms with Crippen LogP contribution >= 0.6 is 34.3 Å². The smallest absolute Gasteiger partial charge is 0.257 e. The number of benzene rings is 1. The molecule has 1 aliphatic rings. The molecule has 4 rings (SSSR count). The van der Waals surface area contributed by atoms with Gasteiger partial charge in [-0.3, -0.25) is 14.9 Å². The van der Waals surface area contributed by atoms with Gasteiger partial charge in [-0.15, -0.1) is 22.7 Å². The molecule has 2 aromatic heterocycles. The van der Waals surface area contributed by atoms with E-state index in [1.165, 1.54) is 24.3 Å². The van der Waals surface area contributed by atoms with Crippen molar-refractivity contribution in [3.63, 3.8) is 0 Å². The summed E-state index contributed by atoms with van der Waals surface area (Å²) in [5.74, 6) is 0.487. The molecule has 0 fully saturated rings. The maximum absolute atomic E-state index is 12.5. The van der Waals surface area contributed by atoms with E-state index in [2.05, 4.69) is 15.6 Å². The van der Waals surface area contributed by atoms with Gasteiger partial charge in [0, 0.05) is 22.7 Å². The number of aromatic nitrogens is 1. The van der Waals surface area contributed by atoms with Crippen molar-refractivity contribution in [2.24, 2.45) is 0 Å². The Morgan fingerprint density at radius 1 is 1.29 bits per heavy atom. The van der Waals surface area contributed by atoms with E-state index in [4.69, 9.17) is 21.1 Å². The van der Waals surface area contributed by atoms with Gasteiger partial charge in [0.05, 0.1) is 22.1 Å². The number of hydrogen-bond donors (Lipinski definition) is 2. The van der Waals surface area contributed by atoms with Crippen molar-refractivity contribution >= 4 is 51.2 Å². The predicted octanol–water partition coefficient (Wildman–Crippen LogP) is 4.14. The van der Waals surface area contributed by atoms with E-state index < -0.39 is 0 Å². The number of anilines is 1. The molecule has 28 heavy (non-hydrogen) atoms. The fourth-order valence-electron chi connectivity index (χ4n) is 2.53. The van der Waals surface area contributed by atoms with Crippen molar-refractivity contribution in [1.29, 1.82) is 0 Å². The molecule has 0 spiro atoms. The van der Waals surface area contributed by atoms with Crippen LogP contribution in [0.3, 0.4) is 0 Å². The van der Waals surface area contributed by atoms with Crippen molar-refractivity contribution in [2.45, 2.75) is 13.5 Å². The van der Waals surface area contributed by atoms with Crippen LogP contribution in [-0.4, -0.2) is 23.6 Å². The summed E-state index contributed by atoms with van der Waals surface area (Å²) in [6.45, 7) is 2.05. The second-order valence-electron chi connectivity index (χ2n) is 5.86. The number of carbonyl (C=O) groups is 2. The van der Waals surface area contributed by atoms with Gasteiger partial charge in [-0.25, -0.2) is 4.98 Å². The molecule has 7 nitrogen and oxygen atoms in total. The van der Waals surface area contributed by atoms with E-state index in [9.17, 15) is 9.59 Å². The Bertz CT molecular complexity index is 1060. The summed E-state index contributed by atoms with van der Waals surface area (Å²) < 4.78 is 10.5. The zero-order chi connectivity index (χ0) is 19.7. The third-order valence-corrected chi connectivity index (χ3v) is 5.99. The molecule has 10 heteroatoms. The fourth-order valence-corrected chi connectivity index (χ4v) is 4.49. The van der Waals surface area contributed by atoms with E-state index in [-0.39, 0.29) is 18.6 Å². The lowest BCUT2D eigenvalue weighted by atomic mass is 10.2. The number of ether oxygens (including phenoxy) is 2. The minimum Gasteiger partial charge on any atom is -0.454 e. The van der Waals surface area contributed by atoms with Crippen molar-refractivity contribution in [2.75, 3.05) is 12.1 Å². The molecule has 0 unspecified atom stereocenters. The van der Waals surface area contributed by atoms with Gasteiger partial charge in [0.2, 0.25) is 12.7 Å². The minimum atomic E-state index is -0.335. The molecule has 3 aromatic rings. The molecule has 0 saturated carbocycles. The first kappa shape index (κ1) is 18.7. The van der Waals surface area contributed by atoms with Crippen LogP contribution in [0, 0.1) is 0 Å². The van der Waals surface area contributed by atoms with E-state index >= 15 is 0 Å².